The molecule has 0 unspecified atom stereocenters. The van der Waals surface area contributed by atoms with E-state index in [-0.39, 0.29) is 5.56 Å². The van der Waals surface area contributed by atoms with E-state index in [1.165, 1.54) is 11.7 Å². The van der Waals surface area contributed by atoms with Crippen LogP contribution in [-0.2, 0) is 11.2 Å². The zero-order valence-electron chi connectivity index (χ0n) is 15.2. The Kier molecular flexibility index (Phi) is 4.68. The highest BCUT2D eigenvalue weighted by atomic mass is 16.5. The number of pyridine rings is 1. The summed E-state index contributed by atoms with van der Waals surface area (Å²) in [5.74, 6) is -0.467. The number of ether oxygens (including phenoxy) is 1. The Morgan fingerprint density at radius 2 is 1.86 bits per heavy atom. The Hall–Kier alpha value is -3.80. The van der Waals surface area contributed by atoms with Crippen LogP contribution in [0.2, 0.25) is 0 Å². The third-order valence-corrected chi connectivity index (χ3v) is 4.42. The number of fused-ring (bicyclic) bond motifs is 1. The maximum atomic E-state index is 13.3. The highest BCUT2D eigenvalue weighted by Gasteiger charge is 2.15. The van der Waals surface area contributed by atoms with E-state index in [4.69, 9.17) is 4.74 Å². The van der Waals surface area contributed by atoms with Crippen molar-refractivity contribution in [2.75, 3.05) is 7.11 Å². The first-order valence-electron chi connectivity index (χ1n) is 8.76. The number of benzene rings is 2. The van der Waals surface area contributed by atoms with Gasteiger partial charge in [-0.25, -0.2) is 14.8 Å². The minimum absolute atomic E-state index is 0.267. The Morgan fingerprint density at radius 3 is 2.64 bits per heavy atom. The minimum Gasteiger partial charge on any atom is -0.465 e. The van der Waals surface area contributed by atoms with Crippen molar-refractivity contribution in [3.05, 3.63) is 100 Å². The van der Waals surface area contributed by atoms with Gasteiger partial charge in [-0.3, -0.25) is 9.36 Å². The van der Waals surface area contributed by atoms with Gasteiger partial charge in [-0.05, 0) is 35.9 Å². The first-order valence-corrected chi connectivity index (χ1v) is 8.76. The lowest BCUT2D eigenvalue weighted by Crippen LogP contribution is -2.25. The summed E-state index contributed by atoms with van der Waals surface area (Å²) in [5, 5.41) is 0. The van der Waals surface area contributed by atoms with Crippen LogP contribution in [-0.4, -0.2) is 27.6 Å². The highest BCUT2D eigenvalue weighted by molar-refractivity contribution is 5.90. The number of hydrogen-bond donors (Lipinski definition) is 0. The summed E-state index contributed by atoms with van der Waals surface area (Å²) in [6.07, 6.45) is 2.02. The summed E-state index contributed by atoms with van der Waals surface area (Å²) in [5.41, 5.74) is 3.07. The quantitative estimate of drug-likeness (QED) is 0.515. The van der Waals surface area contributed by atoms with Crippen LogP contribution in [0.15, 0.2) is 77.7 Å². The molecule has 0 saturated carbocycles. The van der Waals surface area contributed by atoms with E-state index in [1.54, 1.807) is 36.5 Å². The molecule has 0 aliphatic carbocycles. The molecule has 4 aromatic rings. The molecule has 0 bridgehead atoms. The number of carbonyl (C=O) groups is 1. The number of aromatic nitrogens is 3. The van der Waals surface area contributed by atoms with Crippen molar-refractivity contribution in [3.63, 3.8) is 0 Å². The first kappa shape index (κ1) is 17.6. The Morgan fingerprint density at radius 1 is 1.04 bits per heavy atom. The molecule has 0 aliphatic heterocycles. The van der Waals surface area contributed by atoms with Gasteiger partial charge in [0.2, 0.25) is 0 Å². The summed E-state index contributed by atoms with van der Waals surface area (Å²) >= 11 is 0. The van der Waals surface area contributed by atoms with E-state index >= 15 is 0 Å². The van der Waals surface area contributed by atoms with Crippen LogP contribution in [0, 0.1) is 0 Å². The Bertz CT molecular complexity index is 1220. The fourth-order valence-corrected chi connectivity index (χ4v) is 3.10. The molecule has 138 valence electrons. The summed E-state index contributed by atoms with van der Waals surface area (Å²) in [6.45, 7) is 0. The predicted octanol–water partition coefficient (Wildman–Crippen LogP) is 3.16. The topological polar surface area (TPSA) is 74.1 Å². The summed E-state index contributed by atoms with van der Waals surface area (Å²) in [7, 11) is 1.32. The number of hydrogen-bond acceptors (Lipinski definition) is 5. The lowest BCUT2D eigenvalue weighted by molar-refractivity contribution is 0.0600. The summed E-state index contributed by atoms with van der Waals surface area (Å²) in [4.78, 5) is 34.1. The predicted molar refractivity (Wildman–Crippen MR) is 106 cm³/mol. The van der Waals surface area contributed by atoms with Crippen molar-refractivity contribution in [2.45, 2.75) is 6.42 Å². The molecule has 0 saturated heterocycles. The van der Waals surface area contributed by atoms with Crippen LogP contribution in [0.1, 0.15) is 21.6 Å². The van der Waals surface area contributed by atoms with Gasteiger partial charge in [-0.2, -0.15) is 0 Å². The Balaban J connectivity index is 1.93. The molecule has 2 heterocycles. The third kappa shape index (κ3) is 3.27. The van der Waals surface area contributed by atoms with E-state index in [9.17, 15) is 9.59 Å². The SMILES string of the molecule is COC(=O)c1cccc(-n2c(=O)c(Cc3ccccc3)nc3cccnc32)c1. The molecule has 0 aliphatic rings. The van der Waals surface area contributed by atoms with Crippen LogP contribution in [0.5, 0.6) is 0 Å². The minimum atomic E-state index is -0.467. The van der Waals surface area contributed by atoms with Gasteiger partial charge in [0.1, 0.15) is 11.2 Å². The van der Waals surface area contributed by atoms with E-state index < -0.39 is 5.97 Å². The lowest BCUT2D eigenvalue weighted by Gasteiger charge is -2.12. The van der Waals surface area contributed by atoms with Crippen LogP contribution >= 0.6 is 0 Å². The first-order chi connectivity index (χ1) is 13.7. The number of rotatable bonds is 4. The second-order valence-corrected chi connectivity index (χ2v) is 6.25. The molecule has 0 N–H and O–H groups in total. The van der Waals surface area contributed by atoms with Crippen molar-refractivity contribution in [1.29, 1.82) is 0 Å². The molecule has 0 fully saturated rings. The van der Waals surface area contributed by atoms with Crippen LogP contribution in [0.4, 0.5) is 0 Å². The fraction of sp³-hybridized carbons (Fsp3) is 0.0909. The van der Waals surface area contributed by atoms with Gasteiger partial charge in [0.15, 0.2) is 5.65 Å². The summed E-state index contributed by atoms with van der Waals surface area (Å²) < 4.78 is 6.29. The molecule has 0 amide bonds. The van der Waals surface area contributed by atoms with E-state index in [2.05, 4.69) is 9.97 Å². The molecule has 0 atom stereocenters. The zero-order valence-corrected chi connectivity index (χ0v) is 15.2. The number of methoxy groups -OCH3 is 1. The average molecular weight is 371 g/mol. The van der Waals surface area contributed by atoms with Gasteiger partial charge in [0, 0.05) is 12.6 Å². The number of nitrogens with zero attached hydrogens (tertiary/aromatic N) is 3. The van der Waals surface area contributed by atoms with E-state index in [0.29, 0.717) is 34.5 Å². The van der Waals surface area contributed by atoms with Gasteiger partial charge < -0.3 is 4.74 Å². The molecule has 2 aromatic carbocycles. The van der Waals surface area contributed by atoms with Gasteiger partial charge in [-0.15, -0.1) is 0 Å². The molecule has 0 spiro atoms. The maximum absolute atomic E-state index is 13.3. The monoisotopic (exact) mass is 371 g/mol. The fourth-order valence-electron chi connectivity index (χ4n) is 3.10. The van der Waals surface area contributed by atoms with Gasteiger partial charge in [0.05, 0.1) is 18.4 Å². The van der Waals surface area contributed by atoms with Crippen LogP contribution in [0.3, 0.4) is 0 Å². The van der Waals surface area contributed by atoms with Crippen molar-refractivity contribution in [2.24, 2.45) is 0 Å². The van der Waals surface area contributed by atoms with Crippen molar-refractivity contribution < 1.29 is 9.53 Å². The van der Waals surface area contributed by atoms with Crippen LogP contribution < -0.4 is 5.56 Å². The molecular weight excluding hydrogens is 354 g/mol. The number of esters is 1. The molecular formula is C22H17N3O3. The van der Waals surface area contributed by atoms with Crippen LogP contribution in [0.25, 0.3) is 16.9 Å². The van der Waals surface area contributed by atoms with Gasteiger partial charge >= 0.3 is 5.97 Å². The second kappa shape index (κ2) is 7.44. The Labute approximate surface area is 161 Å². The normalized spacial score (nSPS) is 10.8. The van der Waals surface area contributed by atoms with Gasteiger partial charge in [-0.1, -0.05) is 36.4 Å². The molecule has 4 rings (SSSR count). The average Bonchev–Trinajstić information content (AvgIpc) is 2.74. The molecule has 28 heavy (non-hydrogen) atoms. The molecule has 2 aromatic heterocycles. The van der Waals surface area contributed by atoms with E-state index in [1.807, 2.05) is 36.4 Å². The largest absolute Gasteiger partial charge is 0.465 e. The van der Waals surface area contributed by atoms with E-state index in [0.717, 1.165) is 5.56 Å². The lowest BCUT2D eigenvalue weighted by atomic mass is 10.1. The van der Waals surface area contributed by atoms with Gasteiger partial charge in [0.25, 0.3) is 5.56 Å². The second-order valence-electron chi connectivity index (χ2n) is 6.25. The molecule has 6 nitrogen and oxygen atoms in total. The van der Waals surface area contributed by atoms with Crippen molar-refractivity contribution in [1.82, 2.24) is 14.5 Å². The maximum Gasteiger partial charge on any atom is 0.337 e. The standard InChI is InChI=1S/C22H17N3O3/c1-28-22(27)16-9-5-10-17(14-16)25-20-18(11-6-12-23-20)24-19(21(25)26)13-15-7-3-2-4-8-15/h2-12,14H,13H2,1H3. The zero-order chi connectivity index (χ0) is 19.5. The third-order valence-electron chi connectivity index (χ3n) is 4.42. The molecule has 6 heteroatoms. The summed E-state index contributed by atoms with van der Waals surface area (Å²) in [6, 6.07) is 20.0. The smallest absolute Gasteiger partial charge is 0.337 e. The highest BCUT2D eigenvalue weighted by Crippen LogP contribution is 2.16. The van der Waals surface area contributed by atoms with Crippen molar-refractivity contribution >= 4 is 17.1 Å². The molecule has 0 radical (unpaired) electrons. The number of carbonyl (C=O) groups excluding carboxylic acids is 1. The van der Waals surface area contributed by atoms with Crippen molar-refractivity contribution in [3.8, 4) is 5.69 Å².